The van der Waals surface area contributed by atoms with Gasteiger partial charge in [0.2, 0.25) is 0 Å². The highest BCUT2D eigenvalue weighted by Crippen LogP contribution is 2.16. The Morgan fingerprint density at radius 2 is 1.78 bits per heavy atom. The molecule has 0 aliphatic rings. The van der Waals surface area contributed by atoms with E-state index in [0.29, 0.717) is 0 Å². The zero-order chi connectivity index (χ0) is 17.8. The third-order valence-electron chi connectivity index (χ3n) is 3.27. The quantitative estimate of drug-likeness (QED) is 0.662. The summed E-state index contributed by atoms with van der Waals surface area (Å²) < 4.78 is 41.2. The number of methoxy groups -OCH3 is 1. The highest BCUT2D eigenvalue weighted by atomic mass is 19.4. The molecule has 0 bridgehead atoms. The standard InChI is InChI=1S/C15H16F3NO4/c1-8-4-5-10(6-9(8)2)12(20)7-11(13(21)23-3)19-14(22)15(16,17)18/h4-6,11H,7H2,1-3H3,(H,19,22)/t11-/m1/s1. The van der Waals surface area contributed by atoms with Crippen molar-refractivity contribution in [2.45, 2.75) is 32.5 Å². The molecule has 1 aromatic carbocycles. The largest absolute Gasteiger partial charge is 0.471 e. The Bertz CT molecular complexity index is 626. The predicted octanol–water partition coefficient (Wildman–Crippen LogP) is 2.10. The molecule has 0 spiro atoms. The zero-order valence-electron chi connectivity index (χ0n) is 12.8. The van der Waals surface area contributed by atoms with Gasteiger partial charge in [-0.3, -0.25) is 9.59 Å². The van der Waals surface area contributed by atoms with Gasteiger partial charge in [-0.05, 0) is 31.0 Å². The molecule has 126 valence electrons. The van der Waals surface area contributed by atoms with Gasteiger partial charge in [-0.1, -0.05) is 12.1 Å². The Kier molecular flexibility index (Phi) is 5.89. The Balaban J connectivity index is 2.92. The van der Waals surface area contributed by atoms with Crippen LogP contribution in [0.25, 0.3) is 0 Å². The molecule has 0 saturated heterocycles. The number of ether oxygens (including phenoxy) is 1. The Morgan fingerprint density at radius 1 is 1.17 bits per heavy atom. The third kappa shape index (κ3) is 5.08. The summed E-state index contributed by atoms with van der Waals surface area (Å²) in [5.41, 5.74) is 2.00. The first-order valence-corrected chi connectivity index (χ1v) is 6.62. The van der Waals surface area contributed by atoms with Crippen molar-refractivity contribution in [1.82, 2.24) is 5.32 Å². The van der Waals surface area contributed by atoms with Crippen molar-refractivity contribution in [3.8, 4) is 0 Å². The monoisotopic (exact) mass is 331 g/mol. The molecule has 0 unspecified atom stereocenters. The van der Waals surface area contributed by atoms with Crippen LogP contribution >= 0.6 is 0 Å². The van der Waals surface area contributed by atoms with Gasteiger partial charge < -0.3 is 10.1 Å². The maximum absolute atomic E-state index is 12.3. The molecule has 0 aliphatic heterocycles. The molecule has 1 N–H and O–H groups in total. The fraction of sp³-hybridized carbons (Fsp3) is 0.400. The maximum Gasteiger partial charge on any atom is 0.471 e. The van der Waals surface area contributed by atoms with Crippen LogP contribution < -0.4 is 5.32 Å². The van der Waals surface area contributed by atoms with Crippen molar-refractivity contribution in [2.24, 2.45) is 0 Å². The number of carbonyl (C=O) groups is 3. The van der Waals surface area contributed by atoms with Crippen molar-refractivity contribution in [3.63, 3.8) is 0 Å². The second-order valence-corrected chi connectivity index (χ2v) is 4.97. The minimum atomic E-state index is -5.16. The van der Waals surface area contributed by atoms with Gasteiger partial charge in [-0.25, -0.2) is 4.79 Å². The van der Waals surface area contributed by atoms with Crippen molar-refractivity contribution >= 4 is 17.7 Å². The van der Waals surface area contributed by atoms with Crippen molar-refractivity contribution in [1.29, 1.82) is 0 Å². The lowest BCUT2D eigenvalue weighted by Gasteiger charge is -2.17. The van der Waals surface area contributed by atoms with Crippen molar-refractivity contribution in [3.05, 3.63) is 34.9 Å². The van der Waals surface area contributed by atoms with Crippen molar-refractivity contribution in [2.75, 3.05) is 7.11 Å². The second-order valence-electron chi connectivity index (χ2n) is 4.97. The SMILES string of the molecule is COC(=O)[C@@H](CC(=O)c1ccc(C)c(C)c1)NC(=O)C(F)(F)F. The molecule has 0 heterocycles. The normalized spacial score (nSPS) is 12.4. The molecule has 1 rings (SSSR count). The summed E-state index contributed by atoms with van der Waals surface area (Å²) in [6, 6.07) is 3.05. The summed E-state index contributed by atoms with van der Waals surface area (Å²) in [4.78, 5) is 34.6. The number of aryl methyl sites for hydroxylation is 2. The minimum absolute atomic E-state index is 0.239. The highest BCUT2D eigenvalue weighted by molar-refractivity contribution is 6.00. The lowest BCUT2D eigenvalue weighted by atomic mass is 9.99. The summed E-state index contributed by atoms with van der Waals surface area (Å²) in [6.45, 7) is 3.61. The number of Topliss-reactive ketones (excluding diaryl/α,β-unsaturated/α-hetero) is 1. The van der Waals surface area contributed by atoms with Crippen LogP contribution in [-0.2, 0) is 14.3 Å². The summed E-state index contributed by atoms with van der Waals surface area (Å²) in [7, 11) is 0.954. The first-order chi connectivity index (χ1) is 10.6. The molecular weight excluding hydrogens is 315 g/mol. The average Bonchev–Trinajstić information content (AvgIpc) is 2.47. The number of ketones is 1. The molecule has 1 amide bonds. The first kappa shape index (κ1) is 18.7. The predicted molar refractivity (Wildman–Crippen MR) is 74.9 cm³/mol. The summed E-state index contributed by atoms with van der Waals surface area (Å²) in [5, 5.41) is 1.48. The molecule has 0 aromatic heterocycles. The van der Waals surface area contributed by atoms with Gasteiger partial charge in [-0.2, -0.15) is 13.2 Å². The van der Waals surface area contributed by atoms with Crippen LogP contribution in [0.15, 0.2) is 18.2 Å². The van der Waals surface area contributed by atoms with E-state index in [2.05, 4.69) is 4.74 Å². The Hall–Kier alpha value is -2.38. The Morgan fingerprint density at radius 3 is 2.26 bits per heavy atom. The van der Waals surface area contributed by atoms with Crippen LogP contribution in [0.3, 0.4) is 0 Å². The van der Waals surface area contributed by atoms with Gasteiger partial charge in [-0.15, -0.1) is 0 Å². The maximum atomic E-state index is 12.3. The molecule has 0 fully saturated rings. The number of hydrogen-bond acceptors (Lipinski definition) is 4. The van der Waals surface area contributed by atoms with Crippen LogP contribution in [0, 0.1) is 13.8 Å². The number of nitrogens with one attached hydrogen (secondary N) is 1. The van der Waals surface area contributed by atoms with E-state index in [4.69, 9.17) is 0 Å². The van der Waals surface area contributed by atoms with Crippen LogP contribution in [0.1, 0.15) is 27.9 Å². The Labute approximate surface area is 130 Å². The van der Waals surface area contributed by atoms with E-state index in [-0.39, 0.29) is 5.56 Å². The van der Waals surface area contributed by atoms with E-state index in [1.807, 2.05) is 6.92 Å². The molecule has 0 aliphatic carbocycles. The fourth-order valence-electron chi connectivity index (χ4n) is 1.79. The van der Waals surface area contributed by atoms with E-state index in [9.17, 15) is 27.6 Å². The number of halogens is 3. The molecule has 1 aromatic rings. The first-order valence-electron chi connectivity index (χ1n) is 6.62. The van der Waals surface area contributed by atoms with Gasteiger partial charge >= 0.3 is 18.1 Å². The molecule has 23 heavy (non-hydrogen) atoms. The minimum Gasteiger partial charge on any atom is -0.467 e. The number of esters is 1. The van der Waals surface area contributed by atoms with Gasteiger partial charge in [0, 0.05) is 12.0 Å². The van der Waals surface area contributed by atoms with E-state index >= 15 is 0 Å². The smallest absolute Gasteiger partial charge is 0.467 e. The van der Waals surface area contributed by atoms with Gasteiger partial charge in [0.25, 0.3) is 0 Å². The molecule has 5 nitrogen and oxygen atoms in total. The van der Waals surface area contributed by atoms with Crippen molar-refractivity contribution < 1.29 is 32.3 Å². The topological polar surface area (TPSA) is 72.5 Å². The van der Waals surface area contributed by atoms with E-state index in [1.54, 1.807) is 19.1 Å². The average molecular weight is 331 g/mol. The molecule has 0 saturated carbocycles. The zero-order valence-corrected chi connectivity index (χ0v) is 12.8. The highest BCUT2D eigenvalue weighted by Gasteiger charge is 2.41. The third-order valence-corrected chi connectivity index (χ3v) is 3.27. The number of alkyl halides is 3. The lowest BCUT2D eigenvalue weighted by Crippen LogP contribution is -2.48. The van der Waals surface area contributed by atoms with E-state index < -0.39 is 36.3 Å². The summed E-state index contributed by atoms with van der Waals surface area (Å²) in [5.74, 6) is -4.01. The van der Waals surface area contributed by atoms with Gasteiger partial charge in [0.1, 0.15) is 6.04 Å². The summed E-state index contributed by atoms with van der Waals surface area (Å²) in [6.07, 6.45) is -5.78. The molecule has 0 radical (unpaired) electrons. The fourth-order valence-corrected chi connectivity index (χ4v) is 1.79. The number of carbonyl (C=O) groups excluding carboxylic acids is 3. The number of rotatable bonds is 5. The van der Waals surface area contributed by atoms with Gasteiger partial charge in [0.05, 0.1) is 7.11 Å². The number of hydrogen-bond donors (Lipinski definition) is 1. The van der Waals surface area contributed by atoms with Crippen LogP contribution in [0.5, 0.6) is 0 Å². The second kappa shape index (κ2) is 7.26. The van der Waals surface area contributed by atoms with Crippen LogP contribution in [0.4, 0.5) is 13.2 Å². The van der Waals surface area contributed by atoms with Gasteiger partial charge in [0.15, 0.2) is 5.78 Å². The molecule has 8 heteroatoms. The number of benzene rings is 1. The van der Waals surface area contributed by atoms with Crippen LogP contribution in [-0.4, -0.2) is 37.0 Å². The molecular formula is C15H16F3NO4. The summed E-state index contributed by atoms with van der Waals surface area (Å²) >= 11 is 0. The van der Waals surface area contributed by atoms with E-state index in [1.165, 1.54) is 11.4 Å². The van der Waals surface area contributed by atoms with E-state index in [0.717, 1.165) is 18.2 Å². The lowest BCUT2D eigenvalue weighted by molar-refractivity contribution is -0.175. The molecule has 1 atom stereocenters. The van der Waals surface area contributed by atoms with Crippen LogP contribution in [0.2, 0.25) is 0 Å². The number of amides is 1.